The number of para-hydroxylation sites is 1. The highest BCUT2D eigenvalue weighted by Gasteiger charge is 2.29. The predicted molar refractivity (Wildman–Crippen MR) is 101 cm³/mol. The summed E-state index contributed by atoms with van der Waals surface area (Å²) in [6, 6.07) is 14.9. The minimum absolute atomic E-state index is 0.100. The van der Waals surface area contributed by atoms with E-state index in [0.717, 1.165) is 31.9 Å². The van der Waals surface area contributed by atoms with E-state index in [2.05, 4.69) is 17.4 Å². The predicted octanol–water partition coefficient (Wildman–Crippen LogP) is 4.14. The minimum Gasteiger partial charge on any atom is -0.377 e. The summed E-state index contributed by atoms with van der Waals surface area (Å²) in [5, 5.41) is 14.7. The third-order valence-electron chi connectivity index (χ3n) is 4.94. The number of rotatable bonds is 5. The number of nitro groups is 1. The van der Waals surface area contributed by atoms with Crippen molar-refractivity contribution in [2.45, 2.75) is 42.5 Å². The van der Waals surface area contributed by atoms with Crippen molar-refractivity contribution in [3.8, 4) is 0 Å². The zero-order valence-electron chi connectivity index (χ0n) is 14.6. The van der Waals surface area contributed by atoms with Gasteiger partial charge in [-0.1, -0.05) is 36.4 Å². The van der Waals surface area contributed by atoms with Gasteiger partial charge in [-0.05, 0) is 49.3 Å². The lowest BCUT2D eigenvalue weighted by molar-refractivity contribution is -0.386. The first-order chi connectivity index (χ1) is 12.4. The quantitative estimate of drug-likeness (QED) is 0.628. The molecule has 0 spiro atoms. The SMILES string of the molecule is CS(=O)(=O)c1cccc(NC2CCC(c3ccccc3)CC2)c1[N+](=O)[O-]. The van der Waals surface area contributed by atoms with Crippen LogP contribution in [-0.2, 0) is 9.84 Å². The smallest absolute Gasteiger partial charge is 0.310 e. The molecule has 1 N–H and O–H groups in total. The first-order valence-corrected chi connectivity index (χ1v) is 10.5. The molecule has 0 amide bonds. The van der Waals surface area contributed by atoms with Gasteiger partial charge in [0.15, 0.2) is 9.84 Å². The Balaban J connectivity index is 1.75. The average molecular weight is 374 g/mol. The van der Waals surface area contributed by atoms with Crippen LogP contribution in [0.15, 0.2) is 53.4 Å². The van der Waals surface area contributed by atoms with Crippen LogP contribution in [0.2, 0.25) is 0 Å². The molecule has 1 saturated carbocycles. The summed E-state index contributed by atoms with van der Waals surface area (Å²) in [6.07, 6.45) is 4.77. The number of hydrogen-bond acceptors (Lipinski definition) is 5. The van der Waals surface area contributed by atoms with Crippen LogP contribution in [0.5, 0.6) is 0 Å². The van der Waals surface area contributed by atoms with Crippen LogP contribution in [0.4, 0.5) is 11.4 Å². The third-order valence-corrected chi connectivity index (χ3v) is 6.07. The number of sulfone groups is 1. The van der Waals surface area contributed by atoms with Crippen LogP contribution in [0.3, 0.4) is 0 Å². The number of anilines is 1. The molecular formula is C19H22N2O4S. The van der Waals surface area contributed by atoms with Gasteiger partial charge in [0.1, 0.15) is 10.6 Å². The molecule has 0 atom stereocenters. The average Bonchev–Trinajstić information content (AvgIpc) is 2.62. The summed E-state index contributed by atoms with van der Waals surface area (Å²) in [5.74, 6) is 0.506. The van der Waals surface area contributed by atoms with Crippen LogP contribution in [0.1, 0.15) is 37.2 Å². The van der Waals surface area contributed by atoms with Crippen molar-refractivity contribution in [1.29, 1.82) is 0 Å². The van der Waals surface area contributed by atoms with Gasteiger partial charge in [0, 0.05) is 12.3 Å². The molecule has 0 heterocycles. The first-order valence-electron chi connectivity index (χ1n) is 8.65. The van der Waals surface area contributed by atoms with Gasteiger partial charge >= 0.3 is 5.69 Å². The number of nitrogens with one attached hydrogen (secondary N) is 1. The molecule has 0 unspecified atom stereocenters. The zero-order chi connectivity index (χ0) is 18.7. The van der Waals surface area contributed by atoms with Gasteiger partial charge in [0.05, 0.1) is 4.92 Å². The highest BCUT2D eigenvalue weighted by Crippen LogP contribution is 2.37. The largest absolute Gasteiger partial charge is 0.377 e. The van der Waals surface area contributed by atoms with E-state index in [-0.39, 0.29) is 22.3 Å². The number of nitrogens with zero attached hydrogens (tertiary/aromatic N) is 1. The van der Waals surface area contributed by atoms with Crippen LogP contribution in [-0.4, -0.2) is 25.6 Å². The second-order valence-corrected chi connectivity index (χ2v) is 8.77. The number of hydrogen-bond donors (Lipinski definition) is 1. The molecule has 26 heavy (non-hydrogen) atoms. The van der Waals surface area contributed by atoms with E-state index in [4.69, 9.17) is 0 Å². The van der Waals surface area contributed by atoms with Gasteiger partial charge in [0.2, 0.25) is 0 Å². The second kappa shape index (κ2) is 7.45. The lowest BCUT2D eigenvalue weighted by atomic mass is 9.81. The molecule has 1 aliphatic carbocycles. The van der Waals surface area contributed by atoms with E-state index in [9.17, 15) is 18.5 Å². The van der Waals surface area contributed by atoms with E-state index in [0.29, 0.717) is 5.92 Å². The fourth-order valence-corrected chi connectivity index (χ4v) is 4.50. The molecule has 1 fully saturated rings. The standard InChI is InChI=1S/C19H22N2O4S/c1-26(24,25)18-9-5-8-17(19(18)21(22)23)20-16-12-10-15(11-13-16)14-6-3-2-4-7-14/h2-9,15-16,20H,10-13H2,1H3. The number of nitro benzene ring substituents is 1. The molecule has 3 rings (SSSR count). The number of benzene rings is 2. The summed E-state index contributed by atoms with van der Waals surface area (Å²) in [5.41, 5.74) is 1.25. The highest BCUT2D eigenvalue weighted by atomic mass is 32.2. The van der Waals surface area contributed by atoms with Gasteiger partial charge in [-0.3, -0.25) is 10.1 Å². The molecule has 2 aromatic rings. The van der Waals surface area contributed by atoms with Crippen molar-refractivity contribution in [2.75, 3.05) is 11.6 Å². The molecular weight excluding hydrogens is 352 g/mol. The van der Waals surface area contributed by atoms with Crippen molar-refractivity contribution in [2.24, 2.45) is 0 Å². The molecule has 0 bridgehead atoms. The minimum atomic E-state index is -3.67. The maximum Gasteiger partial charge on any atom is 0.310 e. The summed E-state index contributed by atoms with van der Waals surface area (Å²) >= 11 is 0. The maximum absolute atomic E-state index is 11.9. The molecule has 0 saturated heterocycles. The van der Waals surface area contributed by atoms with E-state index in [1.165, 1.54) is 11.6 Å². The maximum atomic E-state index is 11.9. The third kappa shape index (κ3) is 4.04. The van der Waals surface area contributed by atoms with E-state index >= 15 is 0 Å². The van der Waals surface area contributed by atoms with Gasteiger partial charge in [0.25, 0.3) is 0 Å². The Kier molecular flexibility index (Phi) is 5.27. The molecule has 0 radical (unpaired) electrons. The van der Waals surface area contributed by atoms with Crippen molar-refractivity contribution in [3.63, 3.8) is 0 Å². The Morgan fingerprint density at radius 1 is 1.00 bits per heavy atom. The fourth-order valence-electron chi connectivity index (χ4n) is 3.64. The highest BCUT2D eigenvalue weighted by molar-refractivity contribution is 7.90. The Labute approximate surface area is 153 Å². The monoisotopic (exact) mass is 374 g/mol. The van der Waals surface area contributed by atoms with Gasteiger partial charge in [-0.25, -0.2) is 8.42 Å². The lowest BCUT2D eigenvalue weighted by Gasteiger charge is -2.30. The Bertz CT molecular complexity index is 889. The molecule has 1 aliphatic rings. The molecule has 2 aromatic carbocycles. The van der Waals surface area contributed by atoms with Crippen LogP contribution >= 0.6 is 0 Å². The van der Waals surface area contributed by atoms with Gasteiger partial charge in [-0.2, -0.15) is 0 Å². The van der Waals surface area contributed by atoms with Gasteiger partial charge < -0.3 is 5.32 Å². The van der Waals surface area contributed by atoms with E-state index in [1.54, 1.807) is 12.1 Å². The second-order valence-electron chi connectivity index (χ2n) is 6.79. The zero-order valence-corrected chi connectivity index (χ0v) is 15.4. The Morgan fingerprint density at radius 2 is 1.65 bits per heavy atom. The van der Waals surface area contributed by atoms with Crippen LogP contribution < -0.4 is 5.32 Å². The summed E-state index contributed by atoms with van der Waals surface area (Å²) in [4.78, 5) is 10.6. The van der Waals surface area contributed by atoms with Crippen LogP contribution in [0.25, 0.3) is 0 Å². The summed E-state index contributed by atoms with van der Waals surface area (Å²) in [7, 11) is -3.67. The van der Waals surface area contributed by atoms with Crippen molar-refractivity contribution < 1.29 is 13.3 Å². The van der Waals surface area contributed by atoms with Gasteiger partial charge in [-0.15, -0.1) is 0 Å². The normalized spacial score (nSPS) is 20.5. The molecule has 138 valence electrons. The lowest BCUT2D eigenvalue weighted by Crippen LogP contribution is -2.26. The first kappa shape index (κ1) is 18.4. The molecule has 0 aliphatic heterocycles. The Morgan fingerprint density at radius 3 is 2.23 bits per heavy atom. The molecule has 0 aromatic heterocycles. The van der Waals surface area contributed by atoms with Crippen molar-refractivity contribution >= 4 is 21.2 Å². The van der Waals surface area contributed by atoms with E-state index < -0.39 is 14.8 Å². The topological polar surface area (TPSA) is 89.3 Å². The molecule has 6 nitrogen and oxygen atoms in total. The van der Waals surface area contributed by atoms with Crippen molar-refractivity contribution in [1.82, 2.24) is 0 Å². The van der Waals surface area contributed by atoms with Crippen LogP contribution in [0, 0.1) is 10.1 Å². The Hall–Kier alpha value is -2.41. The summed E-state index contributed by atoms with van der Waals surface area (Å²) < 4.78 is 23.7. The van der Waals surface area contributed by atoms with Crippen molar-refractivity contribution in [3.05, 3.63) is 64.2 Å². The summed E-state index contributed by atoms with van der Waals surface area (Å²) in [6.45, 7) is 0. The fraction of sp³-hybridized carbons (Fsp3) is 0.368. The van der Waals surface area contributed by atoms with E-state index in [1.807, 2.05) is 18.2 Å². The molecule has 7 heteroatoms.